The van der Waals surface area contributed by atoms with Gasteiger partial charge >= 0.3 is 5.97 Å². The summed E-state index contributed by atoms with van der Waals surface area (Å²) in [7, 11) is 0. The highest BCUT2D eigenvalue weighted by molar-refractivity contribution is 6.08. The first kappa shape index (κ1) is 22.6. The van der Waals surface area contributed by atoms with Gasteiger partial charge in [-0.05, 0) is 69.5 Å². The van der Waals surface area contributed by atoms with Crippen molar-refractivity contribution < 1.29 is 13.9 Å². The molecule has 33 heavy (non-hydrogen) atoms. The van der Waals surface area contributed by atoms with Gasteiger partial charge in [0.05, 0.1) is 17.5 Å². The Kier molecular flexibility index (Phi) is 6.50. The normalized spacial score (nSPS) is 11.8. The minimum Gasteiger partial charge on any atom is -0.462 e. The zero-order valence-electron chi connectivity index (χ0n) is 19.9. The molecule has 5 nitrogen and oxygen atoms in total. The van der Waals surface area contributed by atoms with E-state index in [1.54, 1.807) is 0 Å². The molecule has 1 aliphatic heterocycles. The van der Waals surface area contributed by atoms with Crippen LogP contribution in [-0.2, 0) is 4.74 Å². The number of fused-ring (bicyclic) bond motifs is 2. The van der Waals surface area contributed by atoms with Gasteiger partial charge in [0.25, 0.3) is 0 Å². The van der Waals surface area contributed by atoms with Crippen molar-refractivity contribution in [2.75, 3.05) is 25.0 Å². The molecule has 0 fully saturated rings. The average molecular weight is 443 g/mol. The predicted octanol–water partition coefficient (Wildman–Crippen LogP) is 6.35. The molecule has 0 radical (unpaired) electrons. The molecule has 0 spiro atoms. The van der Waals surface area contributed by atoms with Crippen molar-refractivity contribution in [2.24, 2.45) is 4.99 Å². The second kappa shape index (κ2) is 9.49. The Balaban J connectivity index is 2.15. The fourth-order valence-electron chi connectivity index (χ4n) is 4.29. The number of hydrogen-bond acceptors (Lipinski definition) is 5. The van der Waals surface area contributed by atoms with Crippen molar-refractivity contribution in [1.82, 2.24) is 0 Å². The van der Waals surface area contributed by atoms with Crippen molar-refractivity contribution >= 4 is 22.6 Å². The van der Waals surface area contributed by atoms with Gasteiger partial charge in [-0.1, -0.05) is 18.2 Å². The molecule has 1 heterocycles. The van der Waals surface area contributed by atoms with Crippen LogP contribution in [0.5, 0.6) is 0 Å². The number of esters is 1. The molecule has 0 aromatic heterocycles. The molecule has 2 aromatic carbocycles. The van der Waals surface area contributed by atoms with Crippen molar-refractivity contribution in [3.8, 4) is 22.5 Å². The molecule has 5 heteroatoms. The monoisotopic (exact) mass is 442 g/mol. The molecule has 0 saturated heterocycles. The van der Waals surface area contributed by atoms with Crippen LogP contribution >= 0.6 is 0 Å². The lowest BCUT2D eigenvalue weighted by Crippen LogP contribution is -2.10. The summed E-state index contributed by atoms with van der Waals surface area (Å²) in [6.07, 6.45) is 0. The Hall–Kier alpha value is -3.60. The highest BCUT2D eigenvalue weighted by Gasteiger charge is 2.23. The summed E-state index contributed by atoms with van der Waals surface area (Å²) in [6.45, 7) is 11.9. The summed E-state index contributed by atoms with van der Waals surface area (Å²) in [5.41, 5.74) is 7.25. The largest absolute Gasteiger partial charge is 0.462 e. The SMILES string of the molecule is CC/N=c1/cc2oc3cc(NCC)c(C)cc3c(-c3ccccc3C(=O)OCC)c-2cc1C. The summed E-state index contributed by atoms with van der Waals surface area (Å²) < 4.78 is 11.8. The van der Waals surface area contributed by atoms with E-state index in [0.29, 0.717) is 18.7 Å². The van der Waals surface area contributed by atoms with Gasteiger partial charge in [0, 0.05) is 47.4 Å². The van der Waals surface area contributed by atoms with E-state index in [-0.39, 0.29) is 5.97 Å². The van der Waals surface area contributed by atoms with Crippen molar-refractivity contribution in [2.45, 2.75) is 34.6 Å². The van der Waals surface area contributed by atoms with E-state index >= 15 is 0 Å². The smallest absolute Gasteiger partial charge is 0.338 e. The van der Waals surface area contributed by atoms with Crippen LogP contribution in [-0.4, -0.2) is 25.7 Å². The van der Waals surface area contributed by atoms with Crippen molar-refractivity contribution in [3.05, 3.63) is 70.6 Å². The van der Waals surface area contributed by atoms with Crippen molar-refractivity contribution in [1.29, 1.82) is 0 Å². The maximum Gasteiger partial charge on any atom is 0.338 e. The Bertz CT molecular complexity index is 1370. The molecule has 0 unspecified atom stereocenters. The number of nitrogens with one attached hydrogen (secondary N) is 1. The number of aryl methyl sites for hydroxylation is 2. The zero-order chi connectivity index (χ0) is 23.5. The summed E-state index contributed by atoms with van der Waals surface area (Å²) >= 11 is 0. The fourth-order valence-corrected chi connectivity index (χ4v) is 4.29. The first-order chi connectivity index (χ1) is 16.0. The van der Waals surface area contributed by atoms with Gasteiger partial charge in [-0.3, -0.25) is 4.99 Å². The van der Waals surface area contributed by atoms with Crippen LogP contribution in [0.2, 0.25) is 0 Å². The maximum atomic E-state index is 12.9. The van der Waals surface area contributed by atoms with Gasteiger partial charge < -0.3 is 14.5 Å². The Labute approximate surface area is 194 Å². The van der Waals surface area contributed by atoms with E-state index in [2.05, 4.69) is 43.2 Å². The van der Waals surface area contributed by atoms with Crippen molar-refractivity contribution in [3.63, 3.8) is 0 Å². The number of carbonyl (C=O) groups excluding carboxylic acids is 1. The molecule has 1 aliphatic carbocycles. The number of ether oxygens (including phenoxy) is 1. The molecular formula is C28H30N2O3. The number of carbonyl (C=O) groups is 1. The second-order valence-corrected chi connectivity index (χ2v) is 8.05. The van der Waals surface area contributed by atoms with Crippen LogP contribution < -0.4 is 10.7 Å². The molecule has 0 saturated carbocycles. The number of hydrogen-bond donors (Lipinski definition) is 1. The fraction of sp³-hybridized carbons (Fsp3) is 0.286. The molecule has 0 bridgehead atoms. The van der Waals surface area contributed by atoms with Gasteiger partial charge in [-0.2, -0.15) is 0 Å². The van der Waals surface area contributed by atoms with Crippen LogP contribution in [0.4, 0.5) is 5.69 Å². The molecule has 1 N–H and O–H groups in total. The minimum absolute atomic E-state index is 0.324. The third-order valence-corrected chi connectivity index (χ3v) is 5.77. The molecular weight excluding hydrogens is 412 g/mol. The Morgan fingerprint density at radius 3 is 2.52 bits per heavy atom. The predicted molar refractivity (Wildman–Crippen MR) is 134 cm³/mol. The lowest BCUT2D eigenvalue weighted by atomic mass is 9.89. The van der Waals surface area contributed by atoms with Gasteiger partial charge in [0.2, 0.25) is 0 Å². The zero-order valence-corrected chi connectivity index (χ0v) is 19.9. The minimum atomic E-state index is -0.328. The average Bonchev–Trinajstić information content (AvgIpc) is 2.80. The van der Waals surface area contributed by atoms with Gasteiger partial charge in [0.1, 0.15) is 11.3 Å². The number of benzene rings is 3. The van der Waals surface area contributed by atoms with E-state index < -0.39 is 0 Å². The van der Waals surface area contributed by atoms with Crippen LogP contribution in [0, 0.1) is 13.8 Å². The van der Waals surface area contributed by atoms with Gasteiger partial charge in [-0.25, -0.2) is 4.79 Å². The summed E-state index contributed by atoms with van der Waals surface area (Å²) in [5, 5.41) is 5.28. The quantitative estimate of drug-likeness (QED) is 0.279. The Morgan fingerprint density at radius 1 is 1.00 bits per heavy atom. The summed E-state index contributed by atoms with van der Waals surface area (Å²) in [6, 6.07) is 15.9. The lowest BCUT2D eigenvalue weighted by molar-refractivity contribution is 0.0527. The van der Waals surface area contributed by atoms with Crippen LogP contribution in [0.25, 0.3) is 33.4 Å². The molecule has 0 amide bonds. The van der Waals surface area contributed by atoms with Crippen LogP contribution in [0.1, 0.15) is 42.3 Å². The first-order valence-corrected chi connectivity index (χ1v) is 11.5. The van der Waals surface area contributed by atoms with E-state index in [4.69, 9.17) is 9.15 Å². The summed E-state index contributed by atoms with van der Waals surface area (Å²) in [4.78, 5) is 17.5. The Morgan fingerprint density at radius 2 is 1.79 bits per heavy atom. The third-order valence-electron chi connectivity index (χ3n) is 5.77. The highest BCUT2D eigenvalue weighted by Crippen LogP contribution is 2.43. The van der Waals surface area contributed by atoms with E-state index in [1.807, 2.05) is 50.2 Å². The number of anilines is 1. The van der Waals surface area contributed by atoms with E-state index in [1.165, 1.54) is 0 Å². The topological polar surface area (TPSA) is 63.8 Å². The van der Waals surface area contributed by atoms with Gasteiger partial charge in [0.15, 0.2) is 0 Å². The van der Waals surface area contributed by atoms with Crippen LogP contribution in [0.3, 0.4) is 0 Å². The summed E-state index contributed by atoms with van der Waals surface area (Å²) in [5.74, 6) is 0.408. The molecule has 4 rings (SSSR count). The number of nitrogens with zero attached hydrogens (tertiary/aromatic N) is 1. The van der Waals surface area contributed by atoms with E-state index in [9.17, 15) is 4.79 Å². The molecule has 2 aliphatic rings. The lowest BCUT2D eigenvalue weighted by Gasteiger charge is -2.19. The molecule has 170 valence electrons. The van der Waals surface area contributed by atoms with E-state index in [0.717, 1.165) is 62.1 Å². The maximum absolute atomic E-state index is 12.9. The first-order valence-electron chi connectivity index (χ1n) is 11.5. The molecule has 2 aromatic rings. The number of rotatable bonds is 6. The van der Waals surface area contributed by atoms with Gasteiger partial charge in [-0.15, -0.1) is 0 Å². The molecule has 0 atom stereocenters. The highest BCUT2D eigenvalue weighted by atomic mass is 16.5. The third kappa shape index (κ3) is 4.23. The second-order valence-electron chi connectivity index (χ2n) is 8.05. The standard InChI is InChI=1S/C28H30N2O3/c1-6-29-23-15-25-21(13-17(23)4)27(19-11-9-10-12-20(19)28(31)32-8-3)22-14-18(5)24(30-7-2)16-26(22)33-25/h9-16,29H,6-8H2,1-5H3/b30-24-. The van der Waals surface area contributed by atoms with Crippen LogP contribution in [0.15, 0.2) is 57.9 Å².